The Morgan fingerprint density at radius 3 is 2.45 bits per heavy atom. The molecule has 29 heavy (non-hydrogen) atoms. The number of fused-ring (bicyclic) bond motifs is 2. The summed E-state index contributed by atoms with van der Waals surface area (Å²) in [4.78, 5) is 25.6. The highest BCUT2D eigenvalue weighted by atomic mass is 32.1. The molecule has 4 rings (SSSR count). The maximum absolute atomic E-state index is 13.0. The van der Waals surface area contributed by atoms with Gasteiger partial charge >= 0.3 is 5.97 Å². The molecule has 1 amide bonds. The van der Waals surface area contributed by atoms with Crippen molar-refractivity contribution < 1.29 is 19.4 Å². The van der Waals surface area contributed by atoms with E-state index >= 15 is 0 Å². The summed E-state index contributed by atoms with van der Waals surface area (Å²) in [5.41, 5.74) is 2.04. The Hall–Kier alpha value is -3.11. The number of allylic oxidation sites excluding steroid dienone is 2. The molecule has 4 atom stereocenters. The van der Waals surface area contributed by atoms with Crippen molar-refractivity contribution in [3.63, 3.8) is 0 Å². The molecule has 1 aromatic heterocycles. The lowest BCUT2D eigenvalue weighted by Crippen LogP contribution is -2.36. The fraction of sp³-hybridized carbons (Fsp3) is 0.318. The number of ether oxygens (including phenoxy) is 1. The fourth-order valence-electron chi connectivity index (χ4n) is 4.56. The Kier molecular flexibility index (Phi) is 4.89. The molecule has 1 aromatic carbocycles. The number of methoxy groups -OCH3 is 1. The molecule has 0 spiro atoms. The first-order valence-electron chi connectivity index (χ1n) is 9.34. The third-order valence-corrected chi connectivity index (χ3v) is 6.88. The van der Waals surface area contributed by atoms with Gasteiger partial charge in [-0.25, -0.2) is 0 Å². The molecule has 7 heteroatoms. The van der Waals surface area contributed by atoms with Crippen LogP contribution in [0.15, 0.2) is 36.4 Å². The Morgan fingerprint density at radius 2 is 1.86 bits per heavy atom. The van der Waals surface area contributed by atoms with E-state index in [1.165, 1.54) is 11.3 Å². The minimum absolute atomic E-state index is 0.0613. The lowest BCUT2D eigenvalue weighted by molar-refractivity contribution is -0.146. The molecule has 0 unspecified atom stereocenters. The van der Waals surface area contributed by atoms with Crippen LogP contribution in [0.2, 0.25) is 0 Å². The highest BCUT2D eigenvalue weighted by Crippen LogP contribution is 2.49. The first-order valence-corrected chi connectivity index (χ1v) is 10.2. The number of carbonyl (C=O) groups is 2. The van der Waals surface area contributed by atoms with Crippen molar-refractivity contribution in [2.75, 3.05) is 12.4 Å². The van der Waals surface area contributed by atoms with Crippen LogP contribution in [0.3, 0.4) is 0 Å². The standard InChI is InChI=1S/C22H20N2O4S/c1-11-17(12-5-7-15(28-2)8-6-12)16(10-23)21(29-11)24-20(25)18-13-3-4-14(9-13)19(18)22(26)27/h3-8,13-14,18-19H,9H2,1-2H3,(H,24,25)(H,26,27)/t13-,14-,18+,19-/m0/s1. The highest BCUT2D eigenvalue weighted by molar-refractivity contribution is 7.17. The number of carboxylic acid groups (broad SMARTS) is 1. The first-order chi connectivity index (χ1) is 13.9. The Morgan fingerprint density at radius 1 is 1.21 bits per heavy atom. The number of nitrogens with one attached hydrogen (secondary N) is 1. The van der Waals surface area contributed by atoms with Gasteiger partial charge in [-0.3, -0.25) is 9.59 Å². The van der Waals surface area contributed by atoms with Crippen LogP contribution >= 0.6 is 11.3 Å². The molecule has 1 saturated carbocycles. The molecule has 1 fully saturated rings. The molecule has 148 valence electrons. The number of carboxylic acids is 1. The lowest BCUT2D eigenvalue weighted by Gasteiger charge is -2.23. The average molecular weight is 408 g/mol. The van der Waals surface area contributed by atoms with Crippen LogP contribution in [-0.2, 0) is 9.59 Å². The van der Waals surface area contributed by atoms with Crippen LogP contribution in [0, 0.1) is 41.9 Å². The zero-order valence-corrected chi connectivity index (χ0v) is 16.8. The van der Waals surface area contributed by atoms with E-state index < -0.39 is 17.8 Å². The topological polar surface area (TPSA) is 99.4 Å². The molecule has 1 heterocycles. The van der Waals surface area contributed by atoms with E-state index in [0.29, 0.717) is 17.0 Å². The second-order valence-electron chi connectivity index (χ2n) is 7.41. The quantitative estimate of drug-likeness (QED) is 0.727. The zero-order valence-electron chi connectivity index (χ0n) is 16.0. The predicted molar refractivity (Wildman–Crippen MR) is 110 cm³/mol. The number of rotatable bonds is 5. The summed E-state index contributed by atoms with van der Waals surface area (Å²) in [5.74, 6) is -2.02. The molecule has 2 aromatic rings. The van der Waals surface area contributed by atoms with E-state index in [4.69, 9.17) is 4.74 Å². The van der Waals surface area contributed by atoms with Crippen LogP contribution in [0.5, 0.6) is 5.75 Å². The van der Waals surface area contributed by atoms with E-state index in [2.05, 4.69) is 11.4 Å². The summed E-state index contributed by atoms with van der Waals surface area (Å²) >= 11 is 1.34. The lowest BCUT2D eigenvalue weighted by atomic mass is 9.82. The van der Waals surface area contributed by atoms with Gasteiger partial charge in [0.05, 0.1) is 24.5 Å². The van der Waals surface area contributed by atoms with E-state index in [-0.39, 0.29) is 17.7 Å². The molecule has 0 saturated heterocycles. The molecule has 2 aliphatic rings. The largest absolute Gasteiger partial charge is 0.497 e. The van der Waals surface area contributed by atoms with Gasteiger partial charge in [-0.05, 0) is 42.9 Å². The first kappa shape index (κ1) is 19.2. The number of nitriles is 1. The third-order valence-electron chi connectivity index (χ3n) is 5.86. The summed E-state index contributed by atoms with van der Waals surface area (Å²) in [6, 6.07) is 9.61. The molecule has 2 bridgehead atoms. The van der Waals surface area contributed by atoms with E-state index in [0.717, 1.165) is 21.8 Å². The second-order valence-corrected chi connectivity index (χ2v) is 8.63. The number of amides is 1. The summed E-state index contributed by atoms with van der Waals surface area (Å²) in [7, 11) is 1.59. The zero-order chi connectivity index (χ0) is 20.7. The Labute approximate surface area is 172 Å². The number of hydrogen-bond donors (Lipinski definition) is 2. The summed E-state index contributed by atoms with van der Waals surface area (Å²) in [6.07, 6.45) is 4.55. The number of aliphatic carboxylic acids is 1. The average Bonchev–Trinajstić information content (AvgIpc) is 3.40. The minimum Gasteiger partial charge on any atom is -0.497 e. The molecule has 2 N–H and O–H groups in total. The maximum Gasteiger partial charge on any atom is 0.307 e. The summed E-state index contributed by atoms with van der Waals surface area (Å²) in [6.45, 7) is 1.90. The van der Waals surface area contributed by atoms with Gasteiger partial charge in [0.1, 0.15) is 16.8 Å². The van der Waals surface area contributed by atoms with Crippen molar-refractivity contribution in [2.24, 2.45) is 23.7 Å². The summed E-state index contributed by atoms with van der Waals surface area (Å²) < 4.78 is 5.19. The van der Waals surface area contributed by atoms with E-state index in [9.17, 15) is 20.0 Å². The highest BCUT2D eigenvalue weighted by Gasteiger charge is 2.51. The molecular weight excluding hydrogens is 388 g/mol. The fourth-order valence-corrected chi connectivity index (χ4v) is 5.59. The smallest absolute Gasteiger partial charge is 0.307 e. The Balaban J connectivity index is 1.64. The molecule has 0 radical (unpaired) electrons. The van der Waals surface area contributed by atoms with Gasteiger partial charge < -0.3 is 15.2 Å². The molecular formula is C22H20N2O4S. The van der Waals surface area contributed by atoms with Crippen molar-refractivity contribution in [1.82, 2.24) is 0 Å². The van der Waals surface area contributed by atoms with Crippen molar-refractivity contribution in [1.29, 1.82) is 5.26 Å². The van der Waals surface area contributed by atoms with Gasteiger partial charge in [-0.2, -0.15) is 5.26 Å². The van der Waals surface area contributed by atoms with Crippen molar-refractivity contribution in [3.05, 3.63) is 46.9 Å². The second kappa shape index (κ2) is 7.37. The molecule has 2 aliphatic carbocycles. The van der Waals surface area contributed by atoms with Crippen LogP contribution in [0.25, 0.3) is 11.1 Å². The number of thiophene rings is 1. The van der Waals surface area contributed by atoms with Gasteiger partial charge in [-0.15, -0.1) is 11.3 Å². The monoisotopic (exact) mass is 408 g/mol. The minimum atomic E-state index is -0.941. The van der Waals surface area contributed by atoms with Crippen LogP contribution in [0.4, 0.5) is 5.00 Å². The maximum atomic E-state index is 13.0. The van der Waals surface area contributed by atoms with Crippen LogP contribution in [-0.4, -0.2) is 24.1 Å². The SMILES string of the molecule is COc1ccc(-c2c(C)sc(NC(=O)[C@H]3[C@@H](C(=O)O)[C@H]4C=C[C@H]3C4)c2C#N)cc1. The van der Waals surface area contributed by atoms with Crippen molar-refractivity contribution >= 4 is 28.2 Å². The third kappa shape index (κ3) is 3.19. The summed E-state index contributed by atoms with van der Waals surface area (Å²) in [5, 5.41) is 22.7. The van der Waals surface area contributed by atoms with Crippen molar-refractivity contribution in [2.45, 2.75) is 13.3 Å². The normalized spacial score (nSPS) is 24.3. The van der Waals surface area contributed by atoms with Crippen LogP contribution < -0.4 is 10.1 Å². The van der Waals surface area contributed by atoms with Gasteiger partial charge in [0.25, 0.3) is 0 Å². The van der Waals surface area contributed by atoms with Gasteiger partial charge in [-0.1, -0.05) is 24.3 Å². The van der Waals surface area contributed by atoms with E-state index in [1.807, 2.05) is 43.3 Å². The number of nitrogens with zero attached hydrogens (tertiary/aromatic N) is 1. The molecule has 6 nitrogen and oxygen atoms in total. The van der Waals surface area contributed by atoms with Crippen molar-refractivity contribution in [3.8, 4) is 22.9 Å². The Bertz CT molecular complexity index is 1050. The van der Waals surface area contributed by atoms with Crippen LogP contribution in [0.1, 0.15) is 16.9 Å². The number of aryl methyl sites for hydroxylation is 1. The number of hydrogen-bond acceptors (Lipinski definition) is 5. The predicted octanol–water partition coefficient (Wildman–Crippen LogP) is 4.07. The number of anilines is 1. The van der Waals surface area contributed by atoms with E-state index in [1.54, 1.807) is 7.11 Å². The van der Waals surface area contributed by atoms with Gasteiger partial charge in [0, 0.05) is 10.4 Å². The van der Waals surface area contributed by atoms with Gasteiger partial charge in [0.2, 0.25) is 5.91 Å². The molecule has 0 aliphatic heterocycles. The number of benzene rings is 1. The number of carbonyl (C=O) groups excluding carboxylic acids is 1. The van der Waals surface area contributed by atoms with Gasteiger partial charge in [0.15, 0.2) is 0 Å².